The van der Waals surface area contributed by atoms with Crippen LogP contribution in [0.2, 0.25) is 0 Å². The number of aromatic hydroxyl groups is 4. The molecule has 1 atom stereocenters. The van der Waals surface area contributed by atoms with E-state index in [2.05, 4.69) is 61.5 Å². The van der Waals surface area contributed by atoms with Gasteiger partial charge in [-0.1, -0.05) is 114 Å². The highest BCUT2D eigenvalue weighted by Crippen LogP contribution is 2.36. The minimum Gasteiger partial charge on any atom is -0.508 e. The molecule has 1 aliphatic carbocycles. The van der Waals surface area contributed by atoms with Crippen LogP contribution < -0.4 is 0 Å². The van der Waals surface area contributed by atoms with Gasteiger partial charge in [0.2, 0.25) is 0 Å². The van der Waals surface area contributed by atoms with Crippen LogP contribution in [0.5, 0.6) is 23.0 Å². The van der Waals surface area contributed by atoms with Crippen molar-refractivity contribution in [2.24, 2.45) is 0 Å². The van der Waals surface area contributed by atoms with Crippen molar-refractivity contribution in [2.75, 3.05) is 0 Å². The Labute approximate surface area is 296 Å². The molecule has 6 aromatic rings. The van der Waals surface area contributed by atoms with Gasteiger partial charge in [-0.3, -0.25) is 0 Å². The average Bonchev–Trinajstić information content (AvgIpc) is 3.08. The second-order valence-electron chi connectivity index (χ2n) is 13.9. The van der Waals surface area contributed by atoms with Gasteiger partial charge in [-0.05, 0) is 120 Å². The fourth-order valence-corrected chi connectivity index (χ4v) is 7.30. The van der Waals surface area contributed by atoms with Crippen molar-refractivity contribution >= 4 is 0 Å². The summed E-state index contributed by atoms with van der Waals surface area (Å²) < 4.78 is 0. The van der Waals surface area contributed by atoms with Crippen molar-refractivity contribution in [3.8, 4) is 23.0 Å². The minimum absolute atomic E-state index is 0.181. The maximum absolute atomic E-state index is 10.9. The van der Waals surface area contributed by atoms with Crippen molar-refractivity contribution in [1.82, 2.24) is 0 Å². The van der Waals surface area contributed by atoms with Crippen LogP contribution in [0.1, 0.15) is 83.8 Å². The maximum Gasteiger partial charge on any atom is 0.122 e. The molecule has 0 saturated heterocycles. The maximum atomic E-state index is 10.9. The number of aryl methyl sites for hydroxylation is 7. The molecule has 7 rings (SSSR count). The second-order valence-corrected chi connectivity index (χ2v) is 13.9. The van der Waals surface area contributed by atoms with E-state index in [1.54, 1.807) is 6.07 Å². The van der Waals surface area contributed by atoms with Crippen LogP contribution in [0.4, 0.5) is 0 Å². The highest BCUT2D eigenvalue weighted by atomic mass is 16.3. The number of benzene rings is 6. The molecule has 254 valence electrons. The minimum atomic E-state index is 0.181. The topological polar surface area (TPSA) is 80.9 Å². The Hall–Kier alpha value is -5.48. The van der Waals surface area contributed by atoms with Crippen LogP contribution >= 0.6 is 0 Å². The van der Waals surface area contributed by atoms with E-state index in [0.717, 1.165) is 55.6 Å². The van der Waals surface area contributed by atoms with Crippen LogP contribution in [0.3, 0.4) is 0 Å². The lowest BCUT2D eigenvalue weighted by molar-refractivity contribution is 0.458. The molecule has 0 radical (unpaired) electrons. The van der Waals surface area contributed by atoms with Gasteiger partial charge in [-0.25, -0.2) is 0 Å². The Morgan fingerprint density at radius 1 is 0.420 bits per heavy atom. The average molecular weight is 663 g/mol. The fourth-order valence-electron chi connectivity index (χ4n) is 7.30. The van der Waals surface area contributed by atoms with E-state index < -0.39 is 0 Å². The summed E-state index contributed by atoms with van der Waals surface area (Å²) in [5.74, 6) is 1.50. The van der Waals surface area contributed by atoms with Gasteiger partial charge in [-0.2, -0.15) is 0 Å². The first-order valence-electron chi connectivity index (χ1n) is 17.3. The molecular formula is C46H46O4. The van der Waals surface area contributed by atoms with Crippen LogP contribution in [0.25, 0.3) is 0 Å². The Bertz CT molecular complexity index is 2080. The first-order chi connectivity index (χ1) is 24.0. The summed E-state index contributed by atoms with van der Waals surface area (Å²) in [6.45, 7) is 9.92. The van der Waals surface area contributed by atoms with Crippen molar-refractivity contribution in [3.63, 3.8) is 0 Å². The third-order valence-electron chi connectivity index (χ3n) is 9.81. The summed E-state index contributed by atoms with van der Waals surface area (Å²) in [5.41, 5.74) is 14.4. The van der Waals surface area contributed by atoms with Crippen molar-refractivity contribution in [2.45, 2.75) is 66.2 Å². The zero-order valence-corrected chi connectivity index (χ0v) is 29.6. The number of hydrogen-bond donors (Lipinski definition) is 4. The third-order valence-corrected chi connectivity index (χ3v) is 9.81. The molecule has 6 bridgehead atoms. The van der Waals surface area contributed by atoms with Crippen molar-refractivity contribution < 1.29 is 20.4 Å². The molecule has 1 unspecified atom stereocenters. The van der Waals surface area contributed by atoms with Crippen LogP contribution in [0, 0.1) is 34.6 Å². The number of phenolic OH excluding ortho intramolecular Hbond substituents is 4. The standard InChI is InChI=1S/C25H26O3.C21H20O/c1-14-6-21-12-17-8-15(2)23(26)19(10-17)4-5-20-11-18(9-16(3)24(20)27)13-22(7-14)25(21)28;1-15-7-6-10-18(13-15)21(17-8-4-3-5-9-17)19-11-12-20(22)16(2)14-19/h6-11,26-28H,4-5,12-13H2,1-3H3;3-14,21-22H,1-2H3. The molecular weight excluding hydrogens is 617 g/mol. The molecule has 0 aromatic heterocycles. The molecule has 0 heterocycles. The summed E-state index contributed by atoms with van der Waals surface area (Å²) in [7, 11) is 0. The smallest absolute Gasteiger partial charge is 0.122 e. The monoisotopic (exact) mass is 662 g/mol. The van der Waals surface area contributed by atoms with E-state index in [9.17, 15) is 20.4 Å². The van der Waals surface area contributed by atoms with Gasteiger partial charge in [0.15, 0.2) is 0 Å². The lowest BCUT2D eigenvalue weighted by atomic mass is 9.84. The molecule has 0 aliphatic heterocycles. The summed E-state index contributed by atoms with van der Waals surface area (Å²) in [6.07, 6.45) is 2.55. The molecule has 1 aliphatic rings. The van der Waals surface area contributed by atoms with Gasteiger partial charge < -0.3 is 20.4 Å². The molecule has 6 aromatic carbocycles. The van der Waals surface area contributed by atoms with E-state index in [1.807, 2.05) is 76.2 Å². The highest BCUT2D eigenvalue weighted by molar-refractivity contribution is 5.53. The zero-order chi connectivity index (χ0) is 35.5. The van der Waals surface area contributed by atoms with Crippen LogP contribution in [-0.4, -0.2) is 20.4 Å². The lowest BCUT2D eigenvalue weighted by Crippen LogP contribution is -2.04. The molecule has 0 spiro atoms. The molecule has 0 fully saturated rings. The second kappa shape index (κ2) is 14.6. The third kappa shape index (κ3) is 7.55. The van der Waals surface area contributed by atoms with Gasteiger partial charge in [0.1, 0.15) is 23.0 Å². The Morgan fingerprint density at radius 2 is 0.960 bits per heavy atom. The number of fused-ring (bicyclic) bond motifs is 6. The number of rotatable bonds is 3. The summed E-state index contributed by atoms with van der Waals surface area (Å²) in [4.78, 5) is 0. The number of hydrogen-bond acceptors (Lipinski definition) is 4. The number of phenols is 4. The van der Waals surface area contributed by atoms with E-state index >= 15 is 0 Å². The van der Waals surface area contributed by atoms with E-state index in [1.165, 1.54) is 22.3 Å². The quantitative estimate of drug-likeness (QED) is 0.142. The van der Waals surface area contributed by atoms with E-state index in [4.69, 9.17) is 0 Å². The molecule has 4 heteroatoms. The van der Waals surface area contributed by atoms with E-state index in [0.29, 0.717) is 48.7 Å². The zero-order valence-electron chi connectivity index (χ0n) is 29.6. The SMILES string of the molecule is Cc1cc2c(O)c(c1)Cc1cc(C)c(O)c(c1)CCc1cc(cc(C)c1O)C2.Cc1cccc(C(c2ccccc2)c2ccc(O)c(C)c2)c1. The summed E-state index contributed by atoms with van der Waals surface area (Å²) >= 11 is 0. The molecule has 4 N–H and O–H groups in total. The van der Waals surface area contributed by atoms with Crippen LogP contribution in [-0.2, 0) is 25.7 Å². The van der Waals surface area contributed by atoms with Gasteiger partial charge in [0.25, 0.3) is 0 Å². The Morgan fingerprint density at radius 3 is 1.50 bits per heavy atom. The predicted molar refractivity (Wildman–Crippen MR) is 203 cm³/mol. The first-order valence-corrected chi connectivity index (χ1v) is 17.3. The summed E-state index contributed by atoms with van der Waals surface area (Å²) in [5, 5.41) is 41.8. The van der Waals surface area contributed by atoms with Gasteiger partial charge in [0.05, 0.1) is 0 Å². The fraction of sp³-hybridized carbons (Fsp3) is 0.217. The normalized spacial score (nSPS) is 12.8. The van der Waals surface area contributed by atoms with Gasteiger partial charge in [0, 0.05) is 18.8 Å². The Balaban J connectivity index is 0.000000178. The highest BCUT2D eigenvalue weighted by Gasteiger charge is 2.19. The predicted octanol–water partition coefficient (Wildman–Crippen LogP) is 10.2. The van der Waals surface area contributed by atoms with Gasteiger partial charge >= 0.3 is 0 Å². The van der Waals surface area contributed by atoms with E-state index in [-0.39, 0.29) is 5.92 Å². The molecule has 50 heavy (non-hydrogen) atoms. The molecule has 4 nitrogen and oxygen atoms in total. The van der Waals surface area contributed by atoms with Gasteiger partial charge in [-0.15, -0.1) is 0 Å². The molecule has 0 saturated carbocycles. The van der Waals surface area contributed by atoms with Crippen LogP contribution in [0.15, 0.2) is 109 Å². The first kappa shape index (κ1) is 34.4. The van der Waals surface area contributed by atoms with Crippen molar-refractivity contribution in [1.29, 1.82) is 0 Å². The Kier molecular flexibility index (Phi) is 10.0. The van der Waals surface area contributed by atoms with Crippen molar-refractivity contribution in [3.05, 3.63) is 187 Å². The largest absolute Gasteiger partial charge is 0.508 e. The molecule has 0 amide bonds. The lowest BCUT2D eigenvalue weighted by Gasteiger charge is -2.20. The summed E-state index contributed by atoms with van der Waals surface area (Å²) in [6, 6.07) is 37.1.